The second-order valence-corrected chi connectivity index (χ2v) is 6.77. The summed E-state index contributed by atoms with van der Waals surface area (Å²) < 4.78 is 22.2. The van der Waals surface area contributed by atoms with Gasteiger partial charge in [0.25, 0.3) is 5.56 Å². The van der Waals surface area contributed by atoms with Crippen LogP contribution in [-0.4, -0.2) is 31.9 Å². The summed E-state index contributed by atoms with van der Waals surface area (Å²) in [5, 5.41) is 4.92. The quantitative estimate of drug-likeness (QED) is 0.561. The Morgan fingerprint density at radius 3 is 2.81 bits per heavy atom. The molecule has 5 rings (SSSR count). The standard InChI is InChI=1S/C20H17FN4O2/c21-14-5-3-13(4-6-14)16-11-23-25-18-7-8-24(12-15-2-1-9-27-15)20(26)17(18)10-22-19(16)25/h3-8,10-11,15H,1-2,9,12H2/t15-/m0/s1. The Labute approximate surface area is 153 Å². The lowest BCUT2D eigenvalue weighted by Crippen LogP contribution is -2.26. The number of rotatable bonds is 3. The molecular formula is C20H17FN4O2. The molecule has 7 heteroatoms. The number of fused-ring (bicyclic) bond motifs is 3. The lowest BCUT2D eigenvalue weighted by atomic mass is 10.1. The summed E-state index contributed by atoms with van der Waals surface area (Å²) >= 11 is 0. The summed E-state index contributed by atoms with van der Waals surface area (Å²) in [5.74, 6) is -0.291. The molecule has 0 N–H and O–H groups in total. The average Bonchev–Trinajstić information content (AvgIpc) is 3.34. The first-order chi connectivity index (χ1) is 13.2. The van der Waals surface area contributed by atoms with Crippen LogP contribution in [-0.2, 0) is 11.3 Å². The van der Waals surface area contributed by atoms with Crippen molar-refractivity contribution in [3.63, 3.8) is 0 Å². The van der Waals surface area contributed by atoms with Crippen LogP contribution >= 0.6 is 0 Å². The minimum Gasteiger partial charge on any atom is -0.376 e. The van der Waals surface area contributed by atoms with E-state index in [1.807, 2.05) is 6.07 Å². The van der Waals surface area contributed by atoms with Crippen LogP contribution in [0.25, 0.3) is 27.7 Å². The predicted molar refractivity (Wildman–Crippen MR) is 99.1 cm³/mol. The molecule has 0 amide bonds. The van der Waals surface area contributed by atoms with Crippen LogP contribution in [0.1, 0.15) is 12.8 Å². The molecule has 0 bridgehead atoms. The van der Waals surface area contributed by atoms with Gasteiger partial charge in [-0.1, -0.05) is 12.1 Å². The van der Waals surface area contributed by atoms with E-state index in [4.69, 9.17) is 4.74 Å². The van der Waals surface area contributed by atoms with Crippen molar-refractivity contribution in [1.82, 2.24) is 19.2 Å². The molecule has 27 heavy (non-hydrogen) atoms. The van der Waals surface area contributed by atoms with E-state index in [2.05, 4.69) is 10.1 Å². The maximum atomic E-state index is 13.2. The topological polar surface area (TPSA) is 61.4 Å². The van der Waals surface area contributed by atoms with E-state index < -0.39 is 0 Å². The number of hydrogen-bond acceptors (Lipinski definition) is 4. The first kappa shape index (κ1) is 16.1. The zero-order chi connectivity index (χ0) is 18.4. The zero-order valence-electron chi connectivity index (χ0n) is 14.5. The van der Waals surface area contributed by atoms with E-state index >= 15 is 0 Å². The monoisotopic (exact) mass is 364 g/mol. The highest BCUT2D eigenvalue weighted by atomic mass is 19.1. The van der Waals surface area contributed by atoms with E-state index in [1.54, 1.807) is 39.8 Å². The molecule has 0 aliphatic carbocycles. The van der Waals surface area contributed by atoms with Gasteiger partial charge in [0, 0.05) is 24.6 Å². The van der Waals surface area contributed by atoms with Crippen molar-refractivity contribution in [3.05, 3.63) is 65.1 Å². The Hall–Kier alpha value is -3.06. The molecule has 1 saturated heterocycles. The third-order valence-corrected chi connectivity index (χ3v) is 5.05. The van der Waals surface area contributed by atoms with Crippen molar-refractivity contribution in [3.8, 4) is 11.1 Å². The second-order valence-electron chi connectivity index (χ2n) is 6.77. The fourth-order valence-electron chi connectivity index (χ4n) is 3.64. The first-order valence-electron chi connectivity index (χ1n) is 8.94. The fraction of sp³-hybridized carbons (Fsp3) is 0.250. The molecule has 1 aliphatic rings. The molecule has 3 aromatic heterocycles. The molecule has 6 nitrogen and oxygen atoms in total. The number of benzene rings is 1. The number of pyridine rings is 1. The van der Waals surface area contributed by atoms with Gasteiger partial charge in [-0.25, -0.2) is 13.9 Å². The minimum absolute atomic E-state index is 0.0895. The molecule has 1 aliphatic heterocycles. The van der Waals surface area contributed by atoms with Gasteiger partial charge in [0.05, 0.1) is 29.7 Å². The van der Waals surface area contributed by atoms with Gasteiger partial charge in [-0.3, -0.25) is 4.79 Å². The van der Waals surface area contributed by atoms with Crippen LogP contribution in [0.3, 0.4) is 0 Å². The van der Waals surface area contributed by atoms with Crippen molar-refractivity contribution in [1.29, 1.82) is 0 Å². The van der Waals surface area contributed by atoms with Crippen LogP contribution in [0, 0.1) is 5.82 Å². The van der Waals surface area contributed by atoms with Crippen molar-refractivity contribution >= 4 is 16.6 Å². The Bertz CT molecular complexity index is 1190. The van der Waals surface area contributed by atoms with Crippen molar-refractivity contribution in [2.75, 3.05) is 6.61 Å². The van der Waals surface area contributed by atoms with Gasteiger partial charge in [0.1, 0.15) is 5.82 Å². The number of ether oxygens (including phenoxy) is 1. The van der Waals surface area contributed by atoms with E-state index in [1.165, 1.54) is 12.1 Å². The fourth-order valence-corrected chi connectivity index (χ4v) is 3.64. The maximum Gasteiger partial charge on any atom is 0.261 e. The lowest BCUT2D eigenvalue weighted by molar-refractivity contribution is 0.0963. The first-order valence-corrected chi connectivity index (χ1v) is 8.94. The lowest BCUT2D eigenvalue weighted by Gasteiger charge is -2.12. The third kappa shape index (κ3) is 2.71. The molecule has 0 saturated carbocycles. The highest BCUT2D eigenvalue weighted by Gasteiger charge is 2.18. The van der Waals surface area contributed by atoms with E-state index in [9.17, 15) is 9.18 Å². The maximum absolute atomic E-state index is 13.2. The summed E-state index contributed by atoms with van der Waals surface area (Å²) in [4.78, 5) is 17.3. The van der Waals surface area contributed by atoms with Gasteiger partial charge in [0.2, 0.25) is 0 Å². The van der Waals surface area contributed by atoms with Gasteiger partial charge in [-0.15, -0.1) is 0 Å². The Morgan fingerprint density at radius 1 is 1.19 bits per heavy atom. The Morgan fingerprint density at radius 2 is 2.04 bits per heavy atom. The SMILES string of the molecule is O=c1c2cnc3c(-c4ccc(F)cc4)cnn3c2ccn1C[C@@H]1CCCO1. The molecule has 4 heterocycles. The van der Waals surface area contributed by atoms with Gasteiger partial charge in [-0.2, -0.15) is 5.10 Å². The summed E-state index contributed by atoms with van der Waals surface area (Å²) in [6, 6.07) is 8.07. The van der Waals surface area contributed by atoms with Crippen LogP contribution in [0.4, 0.5) is 4.39 Å². The summed E-state index contributed by atoms with van der Waals surface area (Å²) in [7, 11) is 0. The number of nitrogens with zero attached hydrogens (tertiary/aromatic N) is 4. The summed E-state index contributed by atoms with van der Waals surface area (Å²) in [6.07, 6.45) is 7.16. The highest BCUT2D eigenvalue weighted by molar-refractivity contribution is 5.84. The van der Waals surface area contributed by atoms with Crippen LogP contribution in [0.15, 0.2) is 53.7 Å². The average molecular weight is 364 g/mol. The largest absolute Gasteiger partial charge is 0.376 e. The summed E-state index contributed by atoms with van der Waals surface area (Å²) in [6.45, 7) is 1.31. The third-order valence-electron chi connectivity index (χ3n) is 5.05. The predicted octanol–water partition coefficient (Wildman–Crippen LogP) is 3.03. The van der Waals surface area contributed by atoms with E-state index in [-0.39, 0.29) is 17.5 Å². The van der Waals surface area contributed by atoms with E-state index in [0.29, 0.717) is 23.1 Å². The Kier molecular flexibility index (Phi) is 3.75. The molecule has 0 unspecified atom stereocenters. The van der Waals surface area contributed by atoms with Crippen LogP contribution in [0.2, 0.25) is 0 Å². The smallest absolute Gasteiger partial charge is 0.261 e. The van der Waals surface area contributed by atoms with Crippen molar-refractivity contribution in [2.24, 2.45) is 0 Å². The zero-order valence-corrected chi connectivity index (χ0v) is 14.5. The van der Waals surface area contributed by atoms with Crippen molar-refractivity contribution in [2.45, 2.75) is 25.5 Å². The second kappa shape index (κ2) is 6.28. The molecule has 1 fully saturated rings. The summed E-state index contributed by atoms with van der Waals surface area (Å²) in [5.41, 5.74) is 2.84. The molecular weight excluding hydrogens is 347 g/mol. The molecule has 4 aromatic rings. The molecule has 1 aromatic carbocycles. The number of halogens is 1. The molecule has 136 valence electrons. The molecule has 0 spiro atoms. The van der Waals surface area contributed by atoms with Crippen LogP contribution in [0.5, 0.6) is 0 Å². The van der Waals surface area contributed by atoms with Gasteiger partial charge < -0.3 is 9.30 Å². The van der Waals surface area contributed by atoms with Gasteiger partial charge >= 0.3 is 0 Å². The van der Waals surface area contributed by atoms with Gasteiger partial charge in [0.15, 0.2) is 5.65 Å². The molecule has 1 atom stereocenters. The minimum atomic E-state index is -0.291. The van der Waals surface area contributed by atoms with E-state index in [0.717, 1.165) is 30.6 Å². The Balaban J connectivity index is 1.62. The van der Waals surface area contributed by atoms with Crippen LogP contribution < -0.4 is 5.56 Å². The van der Waals surface area contributed by atoms with Crippen molar-refractivity contribution < 1.29 is 9.13 Å². The van der Waals surface area contributed by atoms with Gasteiger partial charge in [-0.05, 0) is 36.6 Å². The number of aromatic nitrogens is 4. The normalized spacial score (nSPS) is 17.1. The number of hydrogen-bond donors (Lipinski definition) is 0. The molecule has 0 radical (unpaired) electrons. The highest BCUT2D eigenvalue weighted by Crippen LogP contribution is 2.25.